The van der Waals surface area contributed by atoms with Crippen LogP contribution in [0.1, 0.15) is 5.56 Å². The Kier molecular flexibility index (Phi) is 6.07. The summed E-state index contributed by atoms with van der Waals surface area (Å²) in [7, 11) is -2.49. The molecule has 0 atom stereocenters. The highest BCUT2D eigenvalue weighted by Crippen LogP contribution is 2.23. The van der Waals surface area contributed by atoms with E-state index in [2.05, 4.69) is 15.1 Å². The summed E-state index contributed by atoms with van der Waals surface area (Å²) >= 11 is 0. The fourth-order valence-electron chi connectivity index (χ4n) is 3.81. The first-order chi connectivity index (χ1) is 17.3. The van der Waals surface area contributed by atoms with Gasteiger partial charge in [-0.15, -0.1) is 5.10 Å². The van der Waals surface area contributed by atoms with Crippen LogP contribution in [-0.2, 0) is 32.1 Å². The highest BCUT2D eigenvalue weighted by atomic mass is 32.2. The third kappa shape index (κ3) is 4.14. The van der Waals surface area contributed by atoms with Gasteiger partial charge >= 0.3 is 5.69 Å². The number of imidazole rings is 1. The Morgan fingerprint density at radius 1 is 1.03 bits per heavy atom. The third-order valence-electron chi connectivity index (χ3n) is 5.58. The first-order valence-corrected chi connectivity index (χ1v) is 12.3. The zero-order chi connectivity index (χ0) is 25.4. The highest BCUT2D eigenvalue weighted by Gasteiger charge is 2.23. The summed E-state index contributed by atoms with van der Waals surface area (Å²) in [6.45, 7) is 1.91. The van der Waals surface area contributed by atoms with E-state index >= 15 is 0 Å². The molecule has 0 aliphatic heterocycles. The fourth-order valence-corrected chi connectivity index (χ4v) is 4.71. The van der Waals surface area contributed by atoms with Crippen molar-refractivity contribution in [3.8, 4) is 11.6 Å². The van der Waals surface area contributed by atoms with Gasteiger partial charge in [0.1, 0.15) is 5.52 Å². The van der Waals surface area contributed by atoms with E-state index in [0.29, 0.717) is 16.9 Å². The molecule has 0 amide bonds. The van der Waals surface area contributed by atoms with Crippen molar-refractivity contribution in [2.75, 3.05) is 26.1 Å². The normalized spacial score (nSPS) is 12.2. The number of nitrogens with zero attached hydrogens (tertiary/aromatic N) is 6. The molecule has 1 aromatic carbocycles. The van der Waals surface area contributed by atoms with E-state index in [1.807, 2.05) is 6.92 Å². The molecule has 0 aliphatic rings. The Labute approximate surface area is 204 Å². The maximum Gasteiger partial charge on any atom is 0.330 e. The number of anilines is 1. The molecular weight excluding hydrogens is 490 g/mol. The molecule has 0 spiro atoms. The van der Waals surface area contributed by atoms with E-state index in [0.717, 1.165) is 5.56 Å². The second-order valence-electron chi connectivity index (χ2n) is 7.96. The second-order valence-corrected chi connectivity index (χ2v) is 9.57. The lowest BCUT2D eigenvalue weighted by atomic mass is 10.2. The van der Waals surface area contributed by atoms with Crippen molar-refractivity contribution in [1.29, 1.82) is 0 Å². The van der Waals surface area contributed by atoms with E-state index in [9.17, 15) is 13.2 Å². The van der Waals surface area contributed by atoms with Crippen LogP contribution >= 0.6 is 0 Å². The first-order valence-electron chi connectivity index (χ1n) is 10.9. The molecule has 0 bridgehead atoms. The lowest BCUT2D eigenvalue weighted by Gasteiger charge is -2.07. The Bertz CT molecular complexity index is 1700. The Balaban J connectivity index is 1.55. The van der Waals surface area contributed by atoms with Crippen LogP contribution in [0.5, 0.6) is 0 Å². The van der Waals surface area contributed by atoms with Crippen LogP contribution in [0.4, 0.5) is 5.95 Å². The van der Waals surface area contributed by atoms with E-state index < -0.39 is 15.8 Å². The number of aryl methyl sites for hydroxylation is 1. The number of methoxy groups -OCH3 is 1. The Hall–Kier alpha value is -4.01. The van der Waals surface area contributed by atoms with Crippen molar-refractivity contribution in [2.45, 2.75) is 24.9 Å². The van der Waals surface area contributed by atoms with Crippen LogP contribution < -0.4 is 11.4 Å². The summed E-state index contributed by atoms with van der Waals surface area (Å²) in [4.78, 5) is 22.3. The SMILES string of the molecule is COCCn1c(=O)n(CCOS(=O)(=O)c2ccc(C)cc2)c2nc(N)n3nc(-c4ccco4)nc3c21. The first kappa shape index (κ1) is 23.7. The minimum Gasteiger partial charge on any atom is -0.461 e. The molecule has 5 aromatic rings. The number of fused-ring (bicyclic) bond motifs is 3. The standard InChI is InChI=1S/C22H23N7O6S/c1-14-5-7-15(8-6-14)36(31,32)35-13-10-28-19-17(27(22(28)30)9-12-33-2)20-24-18(16-4-3-11-34-16)26-29(20)21(23)25-19/h3-8,11H,9-10,12-13H2,1-2H3,(H2,23,25). The van der Waals surface area contributed by atoms with Gasteiger partial charge in [-0.05, 0) is 31.2 Å². The predicted octanol–water partition coefficient (Wildman–Crippen LogP) is 1.44. The van der Waals surface area contributed by atoms with E-state index in [4.69, 9.17) is 19.1 Å². The number of ether oxygens (including phenoxy) is 1. The minimum absolute atomic E-state index is 0.00589. The number of rotatable bonds is 9. The summed E-state index contributed by atoms with van der Waals surface area (Å²) in [5.74, 6) is 0.687. The maximum atomic E-state index is 13.4. The van der Waals surface area contributed by atoms with Crippen LogP contribution in [0.2, 0.25) is 0 Å². The minimum atomic E-state index is -4.01. The zero-order valence-corrected chi connectivity index (χ0v) is 20.3. The second kappa shape index (κ2) is 9.22. The summed E-state index contributed by atoms with van der Waals surface area (Å²) in [5.41, 5.74) is 7.51. The number of furan rings is 1. The molecule has 0 aliphatic carbocycles. The topological polar surface area (TPSA) is 162 Å². The maximum absolute atomic E-state index is 13.4. The van der Waals surface area contributed by atoms with Crippen LogP contribution in [0.3, 0.4) is 0 Å². The Morgan fingerprint density at radius 3 is 2.47 bits per heavy atom. The molecule has 0 fully saturated rings. The van der Waals surface area contributed by atoms with Gasteiger partial charge in [0.15, 0.2) is 17.1 Å². The van der Waals surface area contributed by atoms with Crippen molar-refractivity contribution < 1.29 is 21.8 Å². The molecule has 188 valence electrons. The summed E-state index contributed by atoms with van der Waals surface area (Å²) in [6, 6.07) is 9.69. The number of nitrogens with two attached hydrogens (primary N) is 1. The van der Waals surface area contributed by atoms with Crippen molar-refractivity contribution in [1.82, 2.24) is 28.7 Å². The molecule has 36 heavy (non-hydrogen) atoms. The summed E-state index contributed by atoms with van der Waals surface area (Å²) < 4.78 is 45.0. The number of aromatic nitrogens is 6. The lowest BCUT2D eigenvalue weighted by molar-refractivity contribution is 0.187. The van der Waals surface area contributed by atoms with Gasteiger partial charge in [-0.25, -0.2) is 9.78 Å². The van der Waals surface area contributed by atoms with Gasteiger partial charge in [0.05, 0.1) is 37.5 Å². The molecule has 5 rings (SSSR count). The molecule has 13 nitrogen and oxygen atoms in total. The van der Waals surface area contributed by atoms with Crippen LogP contribution in [0.25, 0.3) is 28.4 Å². The average molecular weight is 514 g/mol. The summed E-state index contributed by atoms with van der Waals surface area (Å²) in [5, 5.41) is 4.36. The molecule has 4 aromatic heterocycles. The molecule has 0 saturated carbocycles. The fraction of sp³-hybridized carbons (Fsp3) is 0.273. The quantitative estimate of drug-likeness (QED) is 0.285. The number of hydrogen-bond donors (Lipinski definition) is 1. The molecule has 0 saturated heterocycles. The van der Waals surface area contributed by atoms with Crippen molar-refractivity contribution in [3.63, 3.8) is 0 Å². The van der Waals surface area contributed by atoms with Crippen LogP contribution in [-0.4, -0.2) is 57.5 Å². The number of benzene rings is 1. The van der Waals surface area contributed by atoms with Gasteiger partial charge in [-0.2, -0.15) is 17.9 Å². The molecule has 0 radical (unpaired) electrons. The monoisotopic (exact) mass is 513 g/mol. The third-order valence-corrected chi connectivity index (χ3v) is 6.91. The van der Waals surface area contributed by atoms with Crippen LogP contribution in [0, 0.1) is 6.92 Å². The number of hydrogen-bond acceptors (Lipinski definition) is 10. The predicted molar refractivity (Wildman–Crippen MR) is 129 cm³/mol. The van der Waals surface area contributed by atoms with Crippen LogP contribution in [0.15, 0.2) is 56.8 Å². The van der Waals surface area contributed by atoms with Gasteiger partial charge in [-0.1, -0.05) is 17.7 Å². The molecule has 2 N–H and O–H groups in total. The van der Waals surface area contributed by atoms with E-state index in [-0.39, 0.29) is 48.6 Å². The molecule has 14 heteroatoms. The summed E-state index contributed by atoms with van der Waals surface area (Å²) in [6.07, 6.45) is 1.49. The average Bonchev–Trinajstić information content (AvgIpc) is 3.58. The zero-order valence-electron chi connectivity index (χ0n) is 19.5. The van der Waals surface area contributed by atoms with Crippen molar-refractivity contribution in [3.05, 3.63) is 58.7 Å². The Morgan fingerprint density at radius 2 is 1.78 bits per heavy atom. The lowest BCUT2D eigenvalue weighted by Crippen LogP contribution is -2.27. The smallest absolute Gasteiger partial charge is 0.330 e. The van der Waals surface area contributed by atoms with Crippen molar-refractivity contribution in [2.24, 2.45) is 0 Å². The molecular formula is C22H23N7O6S. The van der Waals surface area contributed by atoms with Gasteiger partial charge in [0.2, 0.25) is 11.8 Å². The highest BCUT2D eigenvalue weighted by molar-refractivity contribution is 7.86. The van der Waals surface area contributed by atoms with Gasteiger partial charge in [-0.3, -0.25) is 13.3 Å². The van der Waals surface area contributed by atoms with Gasteiger partial charge in [0.25, 0.3) is 10.1 Å². The van der Waals surface area contributed by atoms with Gasteiger partial charge in [0, 0.05) is 7.11 Å². The van der Waals surface area contributed by atoms with E-state index in [1.54, 1.807) is 24.3 Å². The number of nitrogen functional groups attached to an aromatic ring is 1. The van der Waals surface area contributed by atoms with Gasteiger partial charge < -0.3 is 14.9 Å². The van der Waals surface area contributed by atoms with Crippen molar-refractivity contribution >= 4 is 32.9 Å². The molecule has 4 heterocycles. The molecule has 0 unspecified atom stereocenters. The largest absolute Gasteiger partial charge is 0.461 e. The van der Waals surface area contributed by atoms with E-state index in [1.165, 1.54) is 39.2 Å².